The number of halogens is 3. The van der Waals surface area contributed by atoms with Crippen molar-refractivity contribution in [2.24, 2.45) is 0 Å². The third-order valence-electron chi connectivity index (χ3n) is 1.70. The van der Waals surface area contributed by atoms with Crippen molar-refractivity contribution in [2.75, 3.05) is 0 Å². The van der Waals surface area contributed by atoms with Crippen LogP contribution in [0.4, 0.5) is 8.78 Å². The number of carbonyl (C=O) groups is 1. The van der Waals surface area contributed by atoms with Crippen LogP contribution < -0.4 is 4.74 Å². The van der Waals surface area contributed by atoms with Crippen molar-refractivity contribution in [3.05, 3.63) is 28.2 Å². The van der Waals surface area contributed by atoms with E-state index in [0.717, 1.165) is 0 Å². The van der Waals surface area contributed by atoms with E-state index in [9.17, 15) is 13.6 Å². The molecule has 0 spiro atoms. The van der Waals surface area contributed by atoms with Crippen molar-refractivity contribution in [1.29, 1.82) is 0 Å². The summed E-state index contributed by atoms with van der Waals surface area (Å²) in [6.45, 7) is -1.43. The van der Waals surface area contributed by atoms with Crippen LogP contribution in [0.3, 0.4) is 0 Å². The molecule has 0 saturated carbocycles. The standard InChI is InChI=1S/C10H9BrF2O2/c1-6(14)5-7-3-2-4-8(9(7)11)15-10(12)13/h2-4,10H,5H2,1H3. The van der Waals surface area contributed by atoms with Crippen molar-refractivity contribution < 1.29 is 18.3 Å². The molecule has 2 nitrogen and oxygen atoms in total. The zero-order valence-electron chi connectivity index (χ0n) is 7.97. The van der Waals surface area contributed by atoms with E-state index in [1.165, 1.54) is 13.0 Å². The van der Waals surface area contributed by atoms with Gasteiger partial charge in [-0.05, 0) is 34.5 Å². The Labute approximate surface area is 94.4 Å². The second kappa shape index (κ2) is 5.21. The molecular formula is C10H9BrF2O2. The number of hydrogen-bond acceptors (Lipinski definition) is 2. The molecule has 5 heteroatoms. The minimum absolute atomic E-state index is 0.0371. The van der Waals surface area contributed by atoms with Gasteiger partial charge >= 0.3 is 6.61 Å². The van der Waals surface area contributed by atoms with Gasteiger partial charge in [0.05, 0.1) is 4.47 Å². The fraction of sp³-hybridized carbons (Fsp3) is 0.300. The van der Waals surface area contributed by atoms with Gasteiger partial charge in [0.1, 0.15) is 11.5 Å². The zero-order chi connectivity index (χ0) is 11.4. The summed E-state index contributed by atoms with van der Waals surface area (Å²) in [5, 5.41) is 0. The van der Waals surface area contributed by atoms with Crippen LogP contribution in [0.2, 0.25) is 0 Å². The van der Waals surface area contributed by atoms with Crippen LogP contribution in [0.5, 0.6) is 5.75 Å². The van der Waals surface area contributed by atoms with Gasteiger partial charge in [-0.2, -0.15) is 8.78 Å². The Morgan fingerprint density at radius 1 is 1.53 bits per heavy atom. The molecule has 82 valence electrons. The largest absolute Gasteiger partial charge is 0.434 e. The predicted octanol–water partition coefficient (Wildman–Crippen LogP) is 3.18. The van der Waals surface area contributed by atoms with Crippen molar-refractivity contribution in [2.45, 2.75) is 20.0 Å². The third-order valence-corrected chi connectivity index (χ3v) is 2.60. The summed E-state index contributed by atoms with van der Waals surface area (Å²) >= 11 is 3.13. The molecule has 0 fully saturated rings. The van der Waals surface area contributed by atoms with Crippen molar-refractivity contribution in [1.82, 2.24) is 0 Å². The fourth-order valence-corrected chi connectivity index (χ4v) is 1.65. The fourth-order valence-electron chi connectivity index (χ4n) is 1.15. The maximum atomic E-state index is 12.0. The topological polar surface area (TPSA) is 26.3 Å². The van der Waals surface area contributed by atoms with E-state index in [1.54, 1.807) is 12.1 Å². The van der Waals surface area contributed by atoms with Gasteiger partial charge in [-0.25, -0.2) is 0 Å². The average molecular weight is 279 g/mol. The molecule has 0 aliphatic heterocycles. The van der Waals surface area contributed by atoms with Gasteiger partial charge in [0.2, 0.25) is 0 Å². The first-order valence-corrected chi connectivity index (χ1v) is 5.01. The first-order valence-electron chi connectivity index (χ1n) is 4.22. The molecule has 0 aliphatic carbocycles. The number of Topliss-reactive ketones (excluding diaryl/α,β-unsaturated/α-hetero) is 1. The Bertz CT molecular complexity index is 366. The Morgan fingerprint density at radius 3 is 2.73 bits per heavy atom. The predicted molar refractivity (Wildman–Crippen MR) is 55.2 cm³/mol. The normalized spacial score (nSPS) is 10.5. The van der Waals surface area contributed by atoms with Gasteiger partial charge in [0.15, 0.2) is 0 Å². The summed E-state index contributed by atoms with van der Waals surface area (Å²) in [7, 11) is 0. The molecule has 1 rings (SSSR count). The molecule has 0 bridgehead atoms. The molecule has 0 N–H and O–H groups in total. The van der Waals surface area contributed by atoms with Crippen LogP contribution in [0.1, 0.15) is 12.5 Å². The lowest BCUT2D eigenvalue weighted by molar-refractivity contribution is -0.116. The summed E-state index contributed by atoms with van der Waals surface area (Å²) in [5.74, 6) is 0.00801. The van der Waals surface area contributed by atoms with Crippen LogP contribution >= 0.6 is 15.9 Å². The van der Waals surface area contributed by atoms with E-state index < -0.39 is 6.61 Å². The molecule has 0 aromatic heterocycles. The highest BCUT2D eigenvalue weighted by molar-refractivity contribution is 9.10. The minimum atomic E-state index is -2.87. The number of benzene rings is 1. The molecule has 0 atom stereocenters. The maximum Gasteiger partial charge on any atom is 0.387 e. The van der Waals surface area contributed by atoms with Crippen LogP contribution in [-0.4, -0.2) is 12.4 Å². The number of ether oxygens (including phenoxy) is 1. The molecule has 0 radical (unpaired) electrons. The summed E-state index contributed by atoms with van der Waals surface area (Å²) in [6, 6.07) is 4.67. The van der Waals surface area contributed by atoms with E-state index in [-0.39, 0.29) is 18.0 Å². The van der Waals surface area contributed by atoms with E-state index in [1.807, 2.05) is 0 Å². The van der Waals surface area contributed by atoms with Crippen molar-refractivity contribution >= 4 is 21.7 Å². The zero-order valence-corrected chi connectivity index (χ0v) is 9.55. The lowest BCUT2D eigenvalue weighted by Crippen LogP contribution is -2.04. The number of hydrogen-bond donors (Lipinski definition) is 0. The van der Waals surface area contributed by atoms with Crippen LogP contribution in [0.25, 0.3) is 0 Å². The molecule has 0 aliphatic rings. The van der Waals surface area contributed by atoms with E-state index in [2.05, 4.69) is 20.7 Å². The second-order valence-electron chi connectivity index (χ2n) is 2.99. The molecule has 1 aromatic rings. The number of rotatable bonds is 4. The molecule has 0 heterocycles. The Kier molecular flexibility index (Phi) is 4.20. The van der Waals surface area contributed by atoms with Gasteiger partial charge in [-0.3, -0.25) is 4.79 Å². The highest BCUT2D eigenvalue weighted by Crippen LogP contribution is 2.30. The number of carbonyl (C=O) groups excluding carboxylic acids is 1. The van der Waals surface area contributed by atoms with Crippen molar-refractivity contribution in [3.63, 3.8) is 0 Å². The quantitative estimate of drug-likeness (QED) is 0.846. The number of alkyl halides is 2. The van der Waals surface area contributed by atoms with Crippen LogP contribution in [0, 0.1) is 0 Å². The smallest absolute Gasteiger partial charge is 0.387 e. The molecule has 1 aromatic carbocycles. The van der Waals surface area contributed by atoms with E-state index in [4.69, 9.17) is 0 Å². The van der Waals surface area contributed by atoms with Gasteiger partial charge in [-0.15, -0.1) is 0 Å². The molecule has 0 saturated heterocycles. The maximum absolute atomic E-state index is 12.0. The van der Waals surface area contributed by atoms with Gasteiger partial charge in [0, 0.05) is 6.42 Å². The van der Waals surface area contributed by atoms with Crippen LogP contribution in [-0.2, 0) is 11.2 Å². The number of ketones is 1. The van der Waals surface area contributed by atoms with Crippen molar-refractivity contribution in [3.8, 4) is 5.75 Å². The van der Waals surface area contributed by atoms with E-state index in [0.29, 0.717) is 10.0 Å². The highest BCUT2D eigenvalue weighted by atomic mass is 79.9. The lowest BCUT2D eigenvalue weighted by Gasteiger charge is -2.09. The Hall–Kier alpha value is -0.970. The second-order valence-corrected chi connectivity index (χ2v) is 3.78. The van der Waals surface area contributed by atoms with Gasteiger partial charge < -0.3 is 4.74 Å². The Balaban J connectivity index is 2.95. The average Bonchev–Trinajstić information content (AvgIpc) is 2.10. The first kappa shape index (κ1) is 12.1. The van der Waals surface area contributed by atoms with Gasteiger partial charge in [0.25, 0.3) is 0 Å². The molecule has 0 amide bonds. The van der Waals surface area contributed by atoms with Gasteiger partial charge in [-0.1, -0.05) is 12.1 Å². The summed E-state index contributed by atoms with van der Waals surface area (Å²) < 4.78 is 28.6. The summed E-state index contributed by atoms with van der Waals surface area (Å²) in [4.78, 5) is 10.9. The Morgan fingerprint density at radius 2 is 2.20 bits per heavy atom. The third kappa shape index (κ3) is 3.58. The van der Waals surface area contributed by atoms with E-state index >= 15 is 0 Å². The SMILES string of the molecule is CC(=O)Cc1cccc(OC(F)F)c1Br. The monoisotopic (exact) mass is 278 g/mol. The molecule has 15 heavy (non-hydrogen) atoms. The lowest BCUT2D eigenvalue weighted by atomic mass is 10.1. The summed E-state index contributed by atoms with van der Waals surface area (Å²) in [6.07, 6.45) is 0.195. The molecule has 0 unspecified atom stereocenters. The van der Waals surface area contributed by atoms with Crippen LogP contribution in [0.15, 0.2) is 22.7 Å². The summed E-state index contributed by atoms with van der Waals surface area (Å²) in [5.41, 5.74) is 0.639. The minimum Gasteiger partial charge on any atom is -0.434 e. The molecular weight excluding hydrogens is 270 g/mol. The first-order chi connectivity index (χ1) is 7.00. The highest BCUT2D eigenvalue weighted by Gasteiger charge is 2.11.